The molecule has 0 saturated carbocycles. The quantitative estimate of drug-likeness (QED) is 0.260. The second-order valence-electron chi connectivity index (χ2n) is 7.39. The van der Waals surface area contributed by atoms with Crippen LogP contribution in [0.3, 0.4) is 0 Å². The summed E-state index contributed by atoms with van der Waals surface area (Å²) in [5.74, 6) is 3.32. The molecule has 2 aromatic carbocycles. The van der Waals surface area contributed by atoms with Crippen LogP contribution in [0.4, 0.5) is 0 Å². The van der Waals surface area contributed by atoms with Crippen molar-refractivity contribution in [3.05, 3.63) is 35.9 Å². The van der Waals surface area contributed by atoms with Gasteiger partial charge in [-0.05, 0) is 50.2 Å². The first-order valence-electron chi connectivity index (χ1n) is 10.5. The molecular weight excluding hydrogens is 356 g/mol. The largest absolute Gasteiger partial charge is 0.493 e. The predicted octanol–water partition coefficient (Wildman–Crippen LogP) is 7.53. The lowest BCUT2D eigenvalue weighted by atomic mass is 10.00. The zero-order valence-electron chi connectivity index (χ0n) is 17.2. The van der Waals surface area contributed by atoms with E-state index in [0.717, 1.165) is 66.2 Å². The maximum atomic E-state index is 6.34. The lowest BCUT2D eigenvalue weighted by Crippen LogP contribution is -2.12. The average Bonchev–Trinajstić information content (AvgIpc) is 2.69. The van der Waals surface area contributed by atoms with E-state index in [1.165, 1.54) is 25.7 Å². The summed E-state index contributed by atoms with van der Waals surface area (Å²) in [4.78, 5) is 0. The van der Waals surface area contributed by atoms with E-state index in [9.17, 15) is 0 Å². The highest BCUT2D eigenvalue weighted by molar-refractivity contribution is 6.17. The summed E-state index contributed by atoms with van der Waals surface area (Å²) in [5.41, 5.74) is 1.15. The van der Waals surface area contributed by atoms with Gasteiger partial charge in [-0.1, -0.05) is 57.4 Å². The average molecular weight is 391 g/mol. The Hall–Kier alpha value is -1.41. The monoisotopic (exact) mass is 390 g/mol. The summed E-state index contributed by atoms with van der Waals surface area (Å²) in [6.07, 6.45) is 8.13. The molecule has 0 saturated heterocycles. The summed E-state index contributed by atoms with van der Waals surface area (Å²) < 4.78 is 12.4. The van der Waals surface area contributed by atoms with Gasteiger partial charge in [-0.3, -0.25) is 0 Å². The first kappa shape index (κ1) is 21.9. The molecule has 3 heteroatoms. The Morgan fingerprint density at radius 3 is 2.44 bits per heavy atom. The number of ether oxygens (including phenoxy) is 2. The van der Waals surface area contributed by atoms with E-state index in [1.807, 2.05) is 0 Å². The molecule has 0 aliphatic rings. The molecule has 0 heterocycles. The molecule has 2 rings (SSSR count). The summed E-state index contributed by atoms with van der Waals surface area (Å²) >= 11 is 5.75. The van der Waals surface area contributed by atoms with Crippen molar-refractivity contribution in [2.45, 2.75) is 65.7 Å². The van der Waals surface area contributed by atoms with Crippen molar-refractivity contribution in [3.63, 3.8) is 0 Å². The Balaban J connectivity index is 2.13. The standard InChI is InChI=1S/C24H35ClO2/c1-4-6-12-20(5-2)18-27-24-19(3)17-23(26-16-11-7-10-15-25)21-13-8-9-14-22(21)24/h8-9,13-14,17,20H,4-7,10-12,15-16,18H2,1-3H3. The van der Waals surface area contributed by atoms with Gasteiger partial charge in [0.15, 0.2) is 0 Å². The maximum Gasteiger partial charge on any atom is 0.130 e. The molecule has 27 heavy (non-hydrogen) atoms. The van der Waals surface area contributed by atoms with Crippen molar-refractivity contribution < 1.29 is 9.47 Å². The molecule has 0 radical (unpaired) electrons. The van der Waals surface area contributed by atoms with Crippen LogP contribution in [-0.4, -0.2) is 19.1 Å². The Morgan fingerprint density at radius 1 is 0.963 bits per heavy atom. The number of unbranched alkanes of at least 4 members (excludes halogenated alkanes) is 3. The van der Waals surface area contributed by atoms with Gasteiger partial charge in [0.25, 0.3) is 0 Å². The first-order valence-corrected chi connectivity index (χ1v) is 11.1. The Morgan fingerprint density at radius 2 is 1.74 bits per heavy atom. The van der Waals surface area contributed by atoms with E-state index in [4.69, 9.17) is 21.1 Å². The highest BCUT2D eigenvalue weighted by Crippen LogP contribution is 2.37. The molecule has 0 fully saturated rings. The van der Waals surface area contributed by atoms with Crippen LogP contribution in [0.15, 0.2) is 30.3 Å². The highest BCUT2D eigenvalue weighted by atomic mass is 35.5. The van der Waals surface area contributed by atoms with Crippen LogP contribution in [0.25, 0.3) is 10.8 Å². The van der Waals surface area contributed by atoms with E-state index >= 15 is 0 Å². The molecule has 2 nitrogen and oxygen atoms in total. The first-order chi connectivity index (χ1) is 13.2. The van der Waals surface area contributed by atoms with E-state index in [1.54, 1.807) is 0 Å². The fourth-order valence-corrected chi connectivity index (χ4v) is 3.60. The second kappa shape index (κ2) is 12.1. The Labute approximate surface area is 170 Å². The van der Waals surface area contributed by atoms with Crippen LogP contribution in [0, 0.1) is 12.8 Å². The molecule has 0 amide bonds. The van der Waals surface area contributed by atoms with Crippen molar-refractivity contribution >= 4 is 22.4 Å². The van der Waals surface area contributed by atoms with Crippen LogP contribution in [-0.2, 0) is 0 Å². The van der Waals surface area contributed by atoms with Gasteiger partial charge in [-0.2, -0.15) is 0 Å². The smallest absolute Gasteiger partial charge is 0.130 e. The third-order valence-electron chi connectivity index (χ3n) is 5.19. The van der Waals surface area contributed by atoms with Gasteiger partial charge in [0, 0.05) is 16.7 Å². The van der Waals surface area contributed by atoms with Crippen molar-refractivity contribution in [2.75, 3.05) is 19.1 Å². The lowest BCUT2D eigenvalue weighted by Gasteiger charge is -2.19. The van der Waals surface area contributed by atoms with Gasteiger partial charge < -0.3 is 9.47 Å². The maximum absolute atomic E-state index is 6.34. The van der Waals surface area contributed by atoms with Gasteiger partial charge >= 0.3 is 0 Å². The van der Waals surface area contributed by atoms with Gasteiger partial charge in [0.05, 0.1) is 13.2 Å². The van der Waals surface area contributed by atoms with Crippen molar-refractivity contribution in [1.29, 1.82) is 0 Å². The topological polar surface area (TPSA) is 18.5 Å². The summed E-state index contributed by atoms with van der Waals surface area (Å²) in [6, 6.07) is 10.5. The van der Waals surface area contributed by atoms with E-state index < -0.39 is 0 Å². The van der Waals surface area contributed by atoms with E-state index in [-0.39, 0.29) is 0 Å². The molecule has 0 bridgehead atoms. The SMILES string of the molecule is CCCCC(CC)COc1c(C)cc(OCCCCCCl)c2ccccc12. The van der Waals surface area contributed by atoms with E-state index in [0.29, 0.717) is 5.92 Å². The Kier molecular flexibility index (Phi) is 9.83. The number of fused-ring (bicyclic) bond motifs is 1. The third kappa shape index (κ3) is 6.60. The minimum atomic E-state index is 0.626. The van der Waals surface area contributed by atoms with Crippen molar-refractivity contribution in [2.24, 2.45) is 5.92 Å². The van der Waals surface area contributed by atoms with Crippen LogP contribution < -0.4 is 9.47 Å². The predicted molar refractivity (Wildman–Crippen MR) is 118 cm³/mol. The zero-order valence-corrected chi connectivity index (χ0v) is 18.0. The van der Waals surface area contributed by atoms with Gasteiger partial charge in [-0.25, -0.2) is 0 Å². The number of hydrogen-bond acceptors (Lipinski definition) is 2. The van der Waals surface area contributed by atoms with Crippen molar-refractivity contribution in [1.82, 2.24) is 0 Å². The molecule has 0 aromatic heterocycles. The minimum absolute atomic E-state index is 0.626. The molecule has 0 aliphatic carbocycles. The second-order valence-corrected chi connectivity index (χ2v) is 7.77. The fraction of sp³-hybridized carbons (Fsp3) is 0.583. The number of benzene rings is 2. The summed E-state index contributed by atoms with van der Waals surface area (Å²) in [7, 11) is 0. The fourth-order valence-electron chi connectivity index (χ4n) is 3.41. The van der Waals surface area contributed by atoms with Gasteiger partial charge in [0.2, 0.25) is 0 Å². The molecule has 0 aliphatic heterocycles. The minimum Gasteiger partial charge on any atom is -0.493 e. The van der Waals surface area contributed by atoms with Crippen LogP contribution in [0.5, 0.6) is 11.5 Å². The molecule has 0 N–H and O–H groups in total. The summed E-state index contributed by atoms with van der Waals surface area (Å²) in [6.45, 7) is 8.15. The molecule has 1 atom stereocenters. The van der Waals surface area contributed by atoms with Crippen LogP contribution in [0.2, 0.25) is 0 Å². The third-order valence-corrected chi connectivity index (χ3v) is 5.45. The van der Waals surface area contributed by atoms with Crippen molar-refractivity contribution in [3.8, 4) is 11.5 Å². The number of rotatable bonds is 13. The van der Waals surface area contributed by atoms with E-state index in [2.05, 4.69) is 51.1 Å². The normalized spacial score (nSPS) is 12.3. The molecule has 150 valence electrons. The summed E-state index contributed by atoms with van der Waals surface area (Å²) in [5, 5.41) is 2.29. The number of alkyl halides is 1. The van der Waals surface area contributed by atoms with Gasteiger partial charge in [-0.15, -0.1) is 11.6 Å². The number of aryl methyl sites for hydroxylation is 1. The van der Waals surface area contributed by atoms with Crippen LogP contribution >= 0.6 is 11.6 Å². The molecular formula is C24H35ClO2. The molecule has 0 spiro atoms. The highest BCUT2D eigenvalue weighted by Gasteiger charge is 2.14. The Bertz CT molecular complexity index is 683. The number of hydrogen-bond donors (Lipinski definition) is 0. The zero-order chi connectivity index (χ0) is 19.5. The lowest BCUT2D eigenvalue weighted by molar-refractivity contribution is 0.234. The molecule has 2 aromatic rings. The number of halogens is 1. The molecule has 1 unspecified atom stereocenters. The van der Waals surface area contributed by atoms with Gasteiger partial charge in [0.1, 0.15) is 11.5 Å². The van der Waals surface area contributed by atoms with Crippen LogP contribution in [0.1, 0.15) is 64.4 Å².